The number of rotatable bonds is 2. The van der Waals surface area contributed by atoms with Crippen molar-refractivity contribution in [2.24, 2.45) is 0 Å². The molecule has 134 valence electrons. The first-order valence-electron chi connectivity index (χ1n) is 7.42. The van der Waals surface area contributed by atoms with Gasteiger partial charge in [0.15, 0.2) is 9.99 Å². The normalized spacial score (nSPS) is 13.0. The Hall–Kier alpha value is -1.68. The average molecular weight is 387 g/mol. The van der Waals surface area contributed by atoms with Crippen molar-refractivity contribution in [1.82, 2.24) is 24.8 Å². The second kappa shape index (κ2) is 5.94. The van der Waals surface area contributed by atoms with Gasteiger partial charge >= 0.3 is 6.18 Å². The van der Waals surface area contributed by atoms with E-state index >= 15 is 0 Å². The molecular formula is C15H16F3N5S2. The first kappa shape index (κ1) is 18.1. The predicted molar refractivity (Wildman–Crippen MR) is 90.2 cm³/mol. The van der Waals surface area contributed by atoms with Gasteiger partial charge < -0.3 is 0 Å². The fourth-order valence-corrected chi connectivity index (χ4v) is 4.19. The summed E-state index contributed by atoms with van der Waals surface area (Å²) < 4.78 is 40.8. The van der Waals surface area contributed by atoms with Gasteiger partial charge in [-0.15, -0.1) is 21.5 Å². The summed E-state index contributed by atoms with van der Waals surface area (Å²) >= 11 is 2.77. The molecule has 0 atom stereocenters. The van der Waals surface area contributed by atoms with Crippen molar-refractivity contribution < 1.29 is 13.2 Å². The van der Waals surface area contributed by atoms with E-state index in [1.54, 1.807) is 13.1 Å². The molecule has 0 aromatic carbocycles. The van der Waals surface area contributed by atoms with Crippen LogP contribution in [0.4, 0.5) is 13.2 Å². The molecule has 0 fully saturated rings. The SMILES string of the molecule is Cc1c(Sc2ncc(C(C)(C)C)s2)nn2c(C(F)(F)F)nnc2c1C. The van der Waals surface area contributed by atoms with Gasteiger partial charge in [-0.2, -0.15) is 22.8 Å². The Bertz CT molecular complexity index is 937. The second-order valence-electron chi connectivity index (χ2n) is 6.65. The van der Waals surface area contributed by atoms with Gasteiger partial charge in [0.2, 0.25) is 0 Å². The molecule has 10 heteroatoms. The third-order valence-corrected chi connectivity index (χ3v) is 6.29. The van der Waals surface area contributed by atoms with Crippen LogP contribution in [-0.4, -0.2) is 24.8 Å². The van der Waals surface area contributed by atoms with Crippen molar-refractivity contribution in [3.63, 3.8) is 0 Å². The quantitative estimate of drug-likeness (QED) is 0.640. The summed E-state index contributed by atoms with van der Waals surface area (Å²) in [5, 5.41) is 11.5. The minimum absolute atomic E-state index is 0.0312. The van der Waals surface area contributed by atoms with Crippen LogP contribution in [0.1, 0.15) is 42.6 Å². The van der Waals surface area contributed by atoms with Gasteiger partial charge in [-0.3, -0.25) is 0 Å². The fraction of sp³-hybridized carbons (Fsp3) is 0.467. The number of halogens is 3. The number of nitrogens with zero attached hydrogens (tertiary/aromatic N) is 5. The summed E-state index contributed by atoms with van der Waals surface area (Å²) in [7, 11) is 0. The van der Waals surface area contributed by atoms with Crippen LogP contribution in [0, 0.1) is 13.8 Å². The smallest absolute Gasteiger partial charge is 0.237 e. The number of aromatic nitrogens is 5. The van der Waals surface area contributed by atoms with E-state index in [4.69, 9.17) is 0 Å². The van der Waals surface area contributed by atoms with Gasteiger partial charge in [-0.1, -0.05) is 20.8 Å². The van der Waals surface area contributed by atoms with Crippen molar-refractivity contribution in [2.75, 3.05) is 0 Å². The lowest BCUT2D eigenvalue weighted by Crippen LogP contribution is -2.13. The summed E-state index contributed by atoms with van der Waals surface area (Å²) in [5.41, 5.74) is 1.47. The van der Waals surface area contributed by atoms with Crippen molar-refractivity contribution in [2.45, 2.75) is 55.6 Å². The van der Waals surface area contributed by atoms with E-state index < -0.39 is 12.0 Å². The number of fused-ring (bicyclic) bond motifs is 1. The summed E-state index contributed by atoms with van der Waals surface area (Å²) in [5.74, 6) is -1.12. The summed E-state index contributed by atoms with van der Waals surface area (Å²) in [4.78, 5) is 5.47. The lowest BCUT2D eigenvalue weighted by Gasteiger charge is -2.14. The molecule has 0 saturated heterocycles. The maximum absolute atomic E-state index is 13.1. The third kappa shape index (κ3) is 3.37. The zero-order valence-corrected chi connectivity index (χ0v) is 15.9. The van der Waals surface area contributed by atoms with Crippen LogP contribution in [-0.2, 0) is 11.6 Å². The molecule has 0 saturated carbocycles. The topological polar surface area (TPSA) is 56.0 Å². The number of alkyl halides is 3. The molecule has 25 heavy (non-hydrogen) atoms. The molecule has 0 bridgehead atoms. The molecule has 0 aliphatic carbocycles. The molecule has 3 aromatic heterocycles. The summed E-state index contributed by atoms with van der Waals surface area (Å²) in [6, 6.07) is 0. The molecule has 0 spiro atoms. The zero-order valence-electron chi connectivity index (χ0n) is 14.3. The number of hydrogen-bond donors (Lipinski definition) is 0. The first-order valence-corrected chi connectivity index (χ1v) is 9.05. The largest absolute Gasteiger partial charge is 0.453 e. The van der Waals surface area contributed by atoms with Gasteiger partial charge in [-0.05, 0) is 36.6 Å². The molecule has 0 radical (unpaired) electrons. The summed E-state index contributed by atoms with van der Waals surface area (Å²) in [6.45, 7) is 9.78. The molecule has 0 unspecified atom stereocenters. The number of aryl methyl sites for hydroxylation is 1. The number of hydrogen-bond acceptors (Lipinski definition) is 6. The molecule has 5 nitrogen and oxygen atoms in total. The lowest BCUT2D eigenvalue weighted by molar-refractivity contribution is -0.146. The van der Waals surface area contributed by atoms with Gasteiger partial charge in [0, 0.05) is 16.6 Å². The highest BCUT2D eigenvalue weighted by Gasteiger charge is 2.38. The van der Waals surface area contributed by atoms with E-state index in [1.165, 1.54) is 23.1 Å². The van der Waals surface area contributed by atoms with Crippen molar-refractivity contribution in [3.8, 4) is 0 Å². The van der Waals surface area contributed by atoms with Gasteiger partial charge in [0.25, 0.3) is 5.82 Å². The summed E-state index contributed by atoms with van der Waals surface area (Å²) in [6.07, 6.45) is -2.82. The predicted octanol–water partition coefficient (Wildman–Crippen LogP) is 4.67. The van der Waals surface area contributed by atoms with Crippen LogP contribution >= 0.6 is 23.1 Å². The fourth-order valence-electron chi connectivity index (χ4n) is 2.11. The third-order valence-electron chi connectivity index (χ3n) is 3.71. The Morgan fingerprint density at radius 2 is 1.76 bits per heavy atom. The molecule has 0 N–H and O–H groups in total. The zero-order chi connectivity index (χ0) is 18.6. The van der Waals surface area contributed by atoms with Crippen molar-refractivity contribution >= 4 is 28.7 Å². The van der Waals surface area contributed by atoms with Crippen molar-refractivity contribution in [3.05, 3.63) is 28.0 Å². The Labute approximate surface area is 150 Å². The molecule has 3 rings (SSSR count). The highest BCUT2D eigenvalue weighted by molar-refractivity contribution is 8.01. The van der Waals surface area contributed by atoms with E-state index in [9.17, 15) is 13.2 Å². The van der Waals surface area contributed by atoms with E-state index in [0.717, 1.165) is 19.3 Å². The molecule has 0 amide bonds. The van der Waals surface area contributed by atoms with E-state index in [1.807, 2.05) is 6.92 Å². The van der Waals surface area contributed by atoms with Crippen LogP contribution in [0.5, 0.6) is 0 Å². The Kier molecular flexibility index (Phi) is 4.31. The molecule has 0 aliphatic heterocycles. The highest BCUT2D eigenvalue weighted by Crippen LogP contribution is 2.37. The van der Waals surface area contributed by atoms with Gasteiger partial charge in [0.05, 0.1) is 0 Å². The van der Waals surface area contributed by atoms with Crippen LogP contribution in [0.2, 0.25) is 0 Å². The van der Waals surface area contributed by atoms with Gasteiger partial charge in [-0.25, -0.2) is 4.98 Å². The number of thiazole rings is 1. The molecular weight excluding hydrogens is 371 g/mol. The highest BCUT2D eigenvalue weighted by atomic mass is 32.2. The maximum Gasteiger partial charge on any atom is 0.453 e. The van der Waals surface area contributed by atoms with E-state index in [2.05, 4.69) is 41.1 Å². The Morgan fingerprint density at radius 3 is 2.32 bits per heavy atom. The molecule has 3 heterocycles. The first-order chi connectivity index (χ1) is 11.5. The van der Waals surface area contributed by atoms with Gasteiger partial charge in [0.1, 0.15) is 5.03 Å². The van der Waals surface area contributed by atoms with Crippen LogP contribution < -0.4 is 0 Å². The minimum Gasteiger partial charge on any atom is -0.237 e. The van der Waals surface area contributed by atoms with Crippen LogP contribution in [0.3, 0.4) is 0 Å². The second-order valence-corrected chi connectivity index (χ2v) is 8.92. The monoisotopic (exact) mass is 387 g/mol. The minimum atomic E-state index is -4.61. The van der Waals surface area contributed by atoms with Crippen molar-refractivity contribution in [1.29, 1.82) is 0 Å². The Morgan fingerprint density at radius 1 is 1.08 bits per heavy atom. The lowest BCUT2D eigenvalue weighted by atomic mass is 9.96. The van der Waals surface area contributed by atoms with E-state index in [-0.39, 0.29) is 11.1 Å². The molecule has 3 aromatic rings. The van der Waals surface area contributed by atoms with E-state index in [0.29, 0.717) is 10.6 Å². The maximum atomic E-state index is 13.1. The van der Waals surface area contributed by atoms with Crippen LogP contribution in [0.25, 0.3) is 5.65 Å². The Balaban J connectivity index is 2.07. The standard InChI is InChI=1S/C15H16F3N5S2/c1-7-8(2)11(25-13-19-6-9(24-13)14(3,4)5)22-23-10(7)20-21-12(23)15(16,17)18/h6H,1-5H3. The molecule has 0 aliphatic rings. The van der Waals surface area contributed by atoms with Crippen LogP contribution in [0.15, 0.2) is 15.6 Å². The average Bonchev–Trinajstić information content (AvgIpc) is 3.10.